The highest BCUT2D eigenvalue weighted by Gasteiger charge is 2.30. The molecule has 2 rings (SSSR count). The van der Waals surface area contributed by atoms with E-state index in [0.717, 1.165) is 0 Å². The molecular formula is C26H56N4+2. The van der Waals surface area contributed by atoms with E-state index in [2.05, 4.69) is 37.5 Å². The van der Waals surface area contributed by atoms with Crippen LogP contribution in [0.1, 0.15) is 79.1 Å². The Hall–Kier alpha value is -0.160. The van der Waals surface area contributed by atoms with E-state index in [1.165, 1.54) is 152 Å². The molecule has 2 heterocycles. The zero-order chi connectivity index (χ0) is 21.7. The maximum atomic E-state index is 2.73. The topological polar surface area (TPSA) is 6.48 Å². The van der Waals surface area contributed by atoms with Gasteiger partial charge < -0.3 is 8.97 Å². The third-order valence-corrected chi connectivity index (χ3v) is 8.94. The van der Waals surface area contributed by atoms with Crippen LogP contribution in [0, 0.1) is 0 Å². The van der Waals surface area contributed by atoms with Gasteiger partial charge in [0.25, 0.3) is 0 Å². The molecule has 0 N–H and O–H groups in total. The van der Waals surface area contributed by atoms with Crippen LogP contribution in [0.5, 0.6) is 0 Å². The number of quaternary nitrogens is 2. The van der Waals surface area contributed by atoms with Gasteiger partial charge in [0.05, 0.1) is 52.4 Å². The Bertz CT molecular complexity index is 371. The van der Waals surface area contributed by atoms with Gasteiger partial charge in [-0.25, -0.2) is 0 Å². The molecule has 0 aromatic rings. The van der Waals surface area contributed by atoms with E-state index in [0.29, 0.717) is 0 Å². The normalized spacial score (nSPS) is 22.4. The van der Waals surface area contributed by atoms with Gasteiger partial charge >= 0.3 is 0 Å². The minimum Gasteiger partial charge on any atom is -0.322 e. The maximum absolute atomic E-state index is 2.73. The molecular weight excluding hydrogens is 368 g/mol. The lowest BCUT2D eigenvalue weighted by Crippen LogP contribution is -2.59. The number of hydrogen-bond donors (Lipinski definition) is 0. The number of likely N-dealkylation sites (N-methyl/N-ethyl adjacent to an activating group) is 2. The second-order valence-electron chi connectivity index (χ2n) is 10.4. The van der Waals surface area contributed by atoms with E-state index in [1.807, 2.05) is 0 Å². The molecule has 0 aromatic carbocycles. The van der Waals surface area contributed by atoms with Crippen molar-refractivity contribution in [3.63, 3.8) is 0 Å². The Morgan fingerprint density at radius 3 is 0.967 bits per heavy atom. The fraction of sp³-hybridized carbons (Fsp3) is 1.00. The van der Waals surface area contributed by atoms with Crippen molar-refractivity contribution in [1.29, 1.82) is 0 Å². The molecule has 2 saturated heterocycles. The molecule has 2 aliphatic heterocycles. The van der Waals surface area contributed by atoms with Gasteiger partial charge in [0.1, 0.15) is 0 Å². The van der Waals surface area contributed by atoms with E-state index >= 15 is 0 Å². The second-order valence-corrected chi connectivity index (χ2v) is 10.4. The highest BCUT2D eigenvalue weighted by atomic mass is 15.4. The SMILES string of the molecule is CC[N+]1(CC)CCN(CCCCCCCCCCN2CC[N+](CC)(CC)CC2)CC1. The largest absolute Gasteiger partial charge is 0.322 e. The summed E-state index contributed by atoms with van der Waals surface area (Å²) in [5.74, 6) is 0. The number of nitrogens with zero attached hydrogens (tertiary/aromatic N) is 4. The number of piperazine rings is 2. The smallest absolute Gasteiger partial charge is 0.0916 e. The highest BCUT2D eigenvalue weighted by Crippen LogP contribution is 2.16. The molecule has 0 unspecified atom stereocenters. The van der Waals surface area contributed by atoms with Gasteiger partial charge in [-0.1, -0.05) is 38.5 Å². The van der Waals surface area contributed by atoms with Crippen molar-refractivity contribution in [3.8, 4) is 0 Å². The quantitative estimate of drug-likeness (QED) is 0.283. The minimum absolute atomic E-state index is 1.32. The standard InChI is InChI=1S/C26H56N4/c1-5-29(6-2)23-19-27(20-24-29)17-15-13-11-9-10-12-14-16-18-28-21-25-30(7-3,8-4)26-22-28/h5-26H2,1-4H3/q+2. The Morgan fingerprint density at radius 2 is 0.700 bits per heavy atom. The van der Waals surface area contributed by atoms with Crippen LogP contribution in [0.15, 0.2) is 0 Å². The average molecular weight is 425 g/mol. The van der Waals surface area contributed by atoms with E-state index in [4.69, 9.17) is 0 Å². The average Bonchev–Trinajstić information content (AvgIpc) is 2.81. The van der Waals surface area contributed by atoms with E-state index in [-0.39, 0.29) is 0 Å². The molecule has 0 atom stereocenters. The molecule has 30 heavy (non-hydrogen) atoms. The lowest BCUT2D eigenvalue weighted by Gasteiger charge is -2.43. The summed E-state index contributed by atoms with van der Waals surface area (Å²) in [6.45, 7) is 28.3. The minimum atomic E-state index is 1.32. The third-order valence-electron chi connectivity index (χ3n) is 8.94. The first-order valence-electron chi connectivity index (χ1n) is 13.8. The zero-order valence-corrected chi connectivity index (χ0v) is 21.3. The van der Waals surface area contributed by atoms with Gasteiger partial charge in [0, 0.05) is 26.2 Å². The molecule has 0 spiro atoms. The van der Waals surface area contributed by atoms with E-state index < -0.39 is 0 Å². The van der Waals surface area contributed by atoms with Crippen molar-refractivity contribution in [1.82, 2.24) is 9.80 Å². The summed E-state index contributed by atoms with van der Waals surface area (Å²) in [4.78, 5) is 5.46. The van der Waals surface area contributed by atoms with Crippen LogP contribution in [-0.4, -0.2) is 110 Å². The van der Waals surface area contributed by atoms with Crippen molar-refractivity contribution in [2.75, 3.05) is 91.6 Å². The summed E-state index contributed by atoms with van der Waals surface area (Å²) in [6, 6.07) is 0. The fourth-order valence-corrected chi connectivity index (χ4v) is 5.75. The molecule has 4 nitrogen and oxygen atoms in total. The van der Waals surface area contributed by atoms with Crippen molar-refractivity contribution >= 4 is 0 Å². The zero-order valence-electron chi connectivity index (χ0n) is 21.3. The molecule has 0 radical (unpaired) electrons. The van der Waals surface area contributed by atoms with Crippen molar-refractivity contribution in [2.24, 2.45) is 0 Å². The predicted octanol–water partition coefficient (Wildman–Crippen LogP) is 4.45. The Kier molecular flexibility index (Phi) is 12.2. The summed E-state index contributed by atoms with van der Waals surface area (Å²) in [5, 5.41) is 0. The van der Waals surface area contributed by atoms with Crippen molar-refractivity contribution in [3.05, 3.63) is 0 Å². The number of rotatable bonds is 15. The van der Waals surface area contributed by atoms with Gasteiger partial charge in [0.15, 0.2) is 0 Å². The molecule has 0 saturated carbocycles. The highest BCUT2D eigenvalue weighted by molar-refractivity contribution is 4.65. The van der Waals surface area contributed by atoms with Gasteiger partial charge in [0.2, 0.25) is 0 Å². The predicted molar refractivity (Wildman–Crippen MR) is 132 cm³/mol. The number of hydrogen-bond acceptors (Lipinski definition) is 2. The molecule has 0 aromatic heterocycles. The first-order valence-corrected chi connectivity index (χ1v) is 13.8. The number of unbranched alkanes of at least 4 members (excludes halogenated alkanes) is 7. The van der Waals surface area contributed by atoms with Crippen LogP contribution >= 0.6 is 0 Å². The van der Waals surface area contributed by atoms with E-state index in [1.54, 1.807) is 0 Å². The van der Waals surface area contributed by atoms with Crippen molar-refractivity contribution < 1.29 is 8.97 Å². The van der Waals surface area contributed by atoms with Crippen LogP contribution in [-0.2, 0) is 0 Å². The van der Waals surface area contributed by atoms with Gasteiger partial charge in [-0.2, -0.15) is 0 Å². The molecule has 2 fully saturated rings. The van der Waals surface area contributed by atoms with Crippen LogP contribution in [0.3, 0.4) is 0 Å². The Labute approximate surface area is 189 Å². The first-order chi connectivity index (χ1) is 14.6. The molecule has 178 valence electrons. The second kappa shape index (κ2) is 14.1. The monoisotopic (exact) mass is 424 g/mol. The lowest BCUT2D eigenvalue weighted by atomic mass is 10.1. The third kappa shape index (κ3) is 8.41. The Balaban J connectivity index is 1.37. The summed E-state index contributed by atoms with van der Waals surface area (Å²) in [7, 11) is 0. The van der Waals surface area contributed by atoms with Crippen LogP contribution < -0.4 is 0 Å². The molecule has 4 heteroatoms. The maximum Gasteiger partial charge on any atom is 0.0916 e. The summed E-state index contributed by atoms with van der Waals surface area (Å²) >= 11 is 0. The summed E-state index contributed by atoms with van der Waals surface area (Å²) in [5.41, 5.74) is 0. The van der Waals surface area contributed by atoms with Crippen LogP contribution in [0.2, 0.25) is 0 Å². The molecule has 0 aliphatic carbocycles. The summed E-state index contributed by atoms with van der Waals surface area (Å²) in [6.07, 6.45) is 11.6. The fourth-order valence-electron chi connectivity index (χ4n) is 5.75. The van der Waals surface area contributed by atoms with Crippen LogP contribution in [0.25, 0.3) is 0 Å². The lowest BCUT2D eigenvalue weighted by molar-refractivity contribution is -0.928. The molecule has 0 amide bonds. The van der Waals surface area contributed by atoms with Gasteiger partial charge in [-0.15, -0.1) is 0 Å². The van der Waals surface area contributed by atoms with Crippen LogP contribution in [0.4, 0.5) is 0 Å². The molecule has 2 aliphatic rings. The van der Waals surface area contributed by atoms with Crippen molar-refractivity contribution in [2.45, 2.75) is 79.1 Å². The molecule has 0 bridgehead atoms. The van der Waals surface area contributed by atoms with Gasteiger partial charge in [-0.3, -0.25) is 9.80 Å². The van der Waals surface area contributed by atoms with E-state index in [9.17, 15) is 0 Å². The Morgan fingerprint density at radius 1 is 0.433 bits per heavy atom. The van der Waals surface area contributed by atoms with Gasteiger partial charge in [-0.05, 0) is 53.6 Å². The summed E-state index contributed by atoms with van der Waals surface area (Å²) < 4.78 is 2.71. The first kappa shape index (κ1) is 26.1.